The summed E-state index contributed by atoms with van der Waals surface area (Å²) in [5, 5.41) is 60.3. The molecular weight excluding hydrogens is 745 g/mol. The molecular formula is C41H56N2O12S. The second-order valence-corrected chi connectivity index (χ2v) is 16.3. The fourth-order valence-electron chi connectivity index (χ4n) is 7.17. The zero-order valence-electron chi connectivity index (χ0n) is 33.9. The molecule has 308 valence electrons. The van der Waals surface area contributed by atoms with Gasteiger partial charge in [0.2, 0.25) is 0 Å². The molecule has 0 fully saturated rings. The summed E-state index contributed by atoms with van der Waals surface area (Å²) in [6, 6.07) is 0. The first-order valence-corrected chi connectivity index (χ1v) is 19.5. The first-order valence-electron chi connectivity index (χ1n) is 18.5. The maximum Gasteiger partial charge on any atom is 0.312 e. The number of nitrogens with one attached hydrogen (secondary N) is 1. The van der Waals surface area contributed by atoms with Crippen LogP contribution in [0.3, 0.4) is 0 Å². The topological polar surface area (TPSA) is 205 Å². The van der Waals surface area contributed by atoms with Crippen molar-refractivity contribution in [3.05, 3.63) is 47.3 Å². The van der Waals surface area contributed by atoms with E-state index >= 15 is 0 Å². The van der Waals surface area contributed by atoms with Gasteiger partial charge >= 0.3 is 11.8 Å². The van der Waals surface area contributed by atoms with Crippen LogP contribution in [0.1, 0.15) is 64.4 Å². The summed E-state index contributed by atoms with van der Waals surface area (Å²) in [6.45, 7) is 13.1. The molecule has 0 radical (unpaired) electrons. The molecule has 5 rings (SSSR count). The van der Waals surface area contributed by atoms with Crippen molar-refractivity contribution in [1.29, 1.82) is 0 Å². The predicted molar refractivity (Wildman–Crippen MR) is 213 cm³/mol. The number of rotatable bonds is 6. The average Bonchev–Trinajstić information content (AvgIpc) is 3.41. The van der Waals surface area contributed by atoms with Gasteiger partial charge in [0.25, 0.3) is 11.7 Å². The quantitative estimate of drug-likeness (QED) is 0.0937. The highest BCUT2D eigenvalue weighted by Crippen LogP contribution is 2.57. The summed E-state index contributed by atoms with van der Waals surface area (Å²) in [6.07, 6.45) is 3.67. The molecule has 5 bridgehead atoms. The van der Waals surface area contributed by atoms with Crippen molar-refractivity contribution in [3.8, 4) is 23.0 Å². The highest BCUT2D eigenvalue weighted by Gasteiger charge is 2.50. The van der Waals surface area contributed by atoms with Crippen LogP contribution in [0.25, 0.3) is 10.8 Å². The van der Waals surface area contributed by atoms with E-state index in [1.165, 1.54) is 46.3 Å². The number of hydrogen-bond donors (Lipinski definition) is 6. The molecule has 0 saturated heterocycles. The molecule has 6 N–H and O–H groups in total. The fourth-order valence-corrected chi connectivity index (χ4v) is 8.36. The van der Waals surface area contributed by atoms with E-state index in [1.807, 2.05) is 19.0 Å². The number of methoxy groups -OCH3 is 1. The standard InChI is InChI=1S/C41H56N2O12S/c1-19-13-12-14-20(2)40(51)42-30-34(48)28-27(35(49)38(30)56-18-16-43(9)10)29-37(24(6)33(28)47)55-41(8,39(29)50)53-17-15-26(52-11)21(3)36(54-25(7)44)23(5)32(46)22(4)31(19)45/h12-15,17,19,21-23,26,31-32,36,45-49H,16,18H2,1-11H3,(H,42,51)/b13-12+,17-15+,20-14-/t19-,21-,22+,23-,26-,31-,32+,36+,41-/m0/s1. The van der Waals surface area contributed by atoms with Crippen molar-refractivity contribution in [2.24, 2.45) is 23.7 Å². The molecule has 3 heterocycles. The normalized spacial score (nSPS) is 31.1. The van der Waals surface area contributed by atoms with Gasteiger partial charge in [-0.2, -0.15) is 0 Å². The van der Waals surface area contributed by atoms with Crippen molar-refractivity contribution in [3.63, 3.8) is 0 Å². The van der Waals surface area contributed by atoms with Crippen LogP contribution in [-0.2, 0) is 23.8 Å². The monoisotopic (exact) mass is 800 g/mol. The molecule has 1 amide bonds. The number of thioether (sulfide) groups is 1. The van der Waals surface area contributed by atoms with Crippen LogP contribution in [0.15, 0.2) is 41.0 Å². The number of allylic oxidation sites excluding steroid dienone is 2. The summed E-state index contributed by atoms with van der Waals surface area (Å²) in [5.41, 5.74) is -0.0195. The van der Waals surface area contributed by atoms with Crippen LogP contribution in [0.5, 0.6) is 23.0 Å². The molecule has 9 atom stereocenters. The number of carbonyl (C=O) groups excluding carboxylic acids is 3. The molecule has 3 aliphatic rings. The van der Waals surface area contributed by atoms with Crippen LogP contribution in [-0.4, -0.2) is 112 Å². The Labute approximate surface area is 332 Å². The Bertz CT molecular complexity index is 1930. The van der Waals surface area contributed by atoms with E-state index in [0.29, 0.717) is 12.3 Å². The number of aliphatic hydroxyl groups is 2. The third-order valence-corrected chi connectivity index (χ3v) is 11.8. The third kappa shape index (κ3) is 8.81. The van der Waals surface area contributed by atoms with Crippen LogP contribution in [0.4, 0.5) is 5.69 Å². The average molecular weight is 801 g/mol. The van der Waals surface area contributed by atoms with Gasteiger partial charge in [0.05, 0.1) is 40.4 Å². The molecule has 56 heavy (non-hydrogen) atoms. The number of aliphatic hydroxyl groups excluding tert-OH is 2. The van der Waals surface area contributed by atoms with E-state index < -0.39 is 88.8 Å². The predicted octanol–water partition coefficient (Wildman–Crippen LogP) is 5.41. The van der Waals surface area contributed by atoms with E-state index in [-0.39, 0.29) is 43.8 Å². The number of nitrogens with zero attached hydrogens (tertiary/aromatic N) is 1. The molecule has 2 aromatic rings. The summed E-state index contributed by atoms with van der Waals surface area (Å²) in [5.74, 6) is -7.55. The van der Waals surface area contributed by atoms with Crippen molar-refractivity contribution in [1.82, 2.24) is 4.90 Å². The Hall–Kier alpha value is -4.28. The lowest BCUT2D eigenvalue weighted by atomic mass is 9.78. The Morgan fingerprint density at radius 3 is 2.23 bits per heavy atom. The number of benzene rings is 2. The summed E-state index contributed by atoms with van der Waals surface area (Å²) < 4.78 is 23.5. The molecule has 14 nitrogen and oxygen atoms in total. The summed E-state index contributed by atoms with van der Waals surface area (Å²) >= 11 is 1.13. The number of anilines is 1. The van der Waals surface area contributed by atoms with Gasteiger partial charge in [-0.15, -0.1) is 11.8 Å². The van der Waals surface area contributed by atoms with Crippen molar-refractivity contribution in [2.45, 2.75) is 90.5 Å². The van der Waals surface area contributed by atoms with Crippen LogP contribution < -0.4 is 10.1 Å². The number of ether oxygens (including phenoxy) is 4. The fraction of sp³-hybridized carbons (Fsp3) is 0.537. The SMILES string of the molecule is CO[C@H]1/C=C/O[C@@]2(C)Oc3c(C)c(O)c4c(O)c(c(SCCN(C)C)c(O)c4c3C2=O)NC(=O)/C(C)=C\C=C\[C@H](C)[C@H](O)[C@@H](C)[C@@H](O)[C@H](C)[C@H](OC(C)=O)[C@H]1C. The summed E-state index contributed by atoms with van der Waals surface area (Å²) in [4.78, 5) is 42.2. The van der Waals surface area contributed by atoms with Gasteiger partial charge in [-0.05, 0) is 34.0 Å². The first-order chi connectivity index (χ1) is 26.2. The minimum Gasteiger partial charge on any atom is -0.507 e. The largest absolute Gasteiger partial charge is 0.507 e. The maximum absolute atomic E-state index is 14.3. The Morgan fingerprint density at radius 1 is 0.964 bits per heavy atom. The molecule has 0 unspecified atom stereocenters. The van der Waals surface area contributed by atoms with Gasteiger partial charge in [0, 0.05) is 73.4 Å². The lowest BCUT2D eigenvalue weighted by molar-refractivity contribution is -0.160. The van der Waals surface area contributed by atoms with Crippen LogP contribution >= 0.6 is 11.8 Å². The van der Waals surface area contributed by atoms with Gasteiger partial charge < -0.3 is 54.7 Å². The minimum atomic E-state index is -2.01. The number of aromatic hydroxyl groups is 3. The number of fused-ring (bicyclic) bond motifs is 14. The number of ketones is 1. The molecule has 2 aromatic carbocycles. The number of phenols is 3. The molecule has 0 saturated carbocycles. The highest BCUT2D eigenvalue weighted by molar-refractivity contribution is 7.99. The number of esters is 1. The molecule has 0 spiro atoms. The second-order valence-electron chi connectivity index (χ2n) is 15.2. The third-order valence-electron chi connectivity index (χ3n) is 10.7. The first kappa shape index (κ1) is 44.4. The van der Waals surface area contributed by atoms with E-state index in [9.17, 15) is 39.9 Å². The number of Topliss-reactive ketones (excluding diaryl/α,β-unsaturated/α-hetero) is 1. The van der Waals surface area contributed by atoms with Crippen LogP contribution in [0.2, 0.25) is 0 Å². The second kappa shape index (κ2) is 17.9. The van der Waals surface area contributed by atoms with E-state index in [0.717, 1.165) is 11.8 Å². The molecule has 15 heteroatoms. The van der Waals surface area contributed by atoms with Gasteiger partial charge in [-0.1, -0.05) is 45.9 Å². The maximum atomic E-state index is 14.3. The van der Waals surface area contributed by atoms with Gasteiger partial charge in [0.1, 0.15) is 29.0 Å². The Kier molecular flexibility index (Phi) is 14.2. The minimum absolute atomic E-state index is 0.0634. The van der Waals surface area contributed by atoms with Gasteiger partial charge in [-0.25, -0.2) is 0 Å². The molecule has 0 aromatic heterocycles. The number of hydrogen-bond acceptors (Lipinski definition) is 14. The Balaban J connectivity index is 1.95. The molecule has 0 aliphatic carbocycles. The van der Waals surface area contributed by atoms with E-state index in [4.69, 9.17) is 18.9 Å². The number of phenolic OH excluding ortho intramolecular Hbond substituents is 3. The molecule has 3 aliphatic heterocycles. The number of amides is 1. The van der Waals surface area contributed by atoms with Crippen LogP contribution in [0, 0.1) is 30.6 Å². The Morgan fingerprint density at radius 2 is 1.62 bits per heavy atom. The van der Waals surface area contributed by atoms with E-state index in [2.05, 4.69) is 5.32 Å². The lowest BCUT2D eigenvalue weighted by Crippen LogP contribution is -2.46. The van der Waals surface area contributed by atoms with Crippen molar-refractivity contribution < 1.29 is 58.9 Å². The zero-order chi connectivity index (χ0) is 42.0. The van der Waals surface area contributed by atoms with E-state index in [1.54, 1.807) is 46.8 Å². The van der Waals surface area contributed by atoms with Gasteiger partial charge in [0.15, 0.2) is 5.75 Å². The van der Waals surface area contributed by atoms with Gasteiger partial charge in [-0.3, -0.25) is 14.4 Å². The number of carbonyl (C=O) groups is 3. The lowest BCUT2D eigenvalue weighted by Gasteiger charge is -2.38. The van der Waals surface area contributed by atoms with Crippen molar-refractivity contribution in [2.75, 3.05) is 38.8 Å². The summed E-state index contributed by atoms with van der Waals surface area (Å²) in [7, 11) is 5.17. The highest BCUT2D eigenvalue weighted by atomic mass is 32.2. The zero-order valence-corrected chi connectivity index (χ0v) is 34.7. The smallest absolute Gasteiger partial charge is 0.312 e. The van der Waals surface area contributed by atoms with Crippen molar-refractivity contribution >= 4 is 45.9 Å².